The summed E-state index contributed by atoms with van der Waals surface area (Å²) >= 11 is 0. The van der Waals surface area contributed by atoms with E-state index in [4.69, 9.17) is 10.0 Å². The van der Waals surface area contributed by atoms with Crippen LogP contribution in [-0.4, -0.2) is 44.9 Å². The van der Waals surface area contributed by atoms with Gasteiger partial charge in [-0.3, -0.25) is 4.68 Å². The molecule has 0 spiro atoms. The van der Waals surface area contributed by atoms with Crippen LogP contribution in [0.4, 0.5) is 26.3 Å². The lowest BCUT2D eigenvalue weighted by molar-refractivity contribution is -0.141. The molecule has 1 aliphatic carbocycles. The van der Waals surface area contributed by atoms with E-state index in [1.165, 1.54) is 0 Å². The molecule has 0 amide bonds. The van der Waals surface area contributed by atoms with Crippen LogP contribution in [0.2, 0.25) is 0 Å². The molecule has 0 saturated heterocycles. The number of fused-ring (bicyclic) bond motifs is 1. The molecule has 4 nitrogen and oxygen atoms in total. The van der Waals surface area contributed by atoms with E-state index in [0.29, 0.717) is 4.68 Å². The molecule has 2 aromatic rings. The standard InChI is InChI=1S/C12H9BF6N2O2/c14-9-11(18,12(9,19)13(22)23)7-2-1-6-4-20-21(8(6)3-7)5-10(15,16)17/h1-4,9,22-23H,5H2/t9?,11-,12-/m0/s1. The number of benzene rings is 1. The topological polar surface area (TPSA) is 58.3 Å². The quantitative estimate of drug-likeness (QED) is 0.663. The second-order valence-electron chi connectivity index (χ2n) is 5.41. The van der Waals surface area contributed by atoms with Gasteiger partial charge in [-0.05, 0) is 11.6 Å². The van der Waals surface area contributed by atoms with Gasteiger partial charge in [0.2, 0.25) is 11.2 Å². The molecule has 1 aromatic heterocycles. The Hall–Kier alpha value is -1.75. The molecule has 11 heteroatoms. The van der Waals surface area contributed by atoms with E-state index in [1.807, 2.05) is 0 Å². The van der Waals surface area contributed by atoms with E-state index in [2.05, 4.69) is 5.10 Å². The lowest BCUT2D eigenvalue weighted by atomic mass is 9.77. The number of halogens is 6. The Morgan fingerprint density at radius 3 is 2.43 bits per heavy atom. The Morgan fingerprint density at radius 2 is 1.91 bits per heavy atom. The Kier molecular flexibility index (Phi) is 3.25. The first-order valence-corrected chi connectivity index (χ1v) is 6.42. The molecule has 1 aliphatic rings. The van der Waals surface area contributed by atoms with E-state index in [0.717, 1.165) is 24.4 Å². The van der Waals surface area contributed by atoms with Gasteiger partial charge in [-0.15, -0.1) is 0 Å². The first-order valence-electron chi connectivity index (χ1n) is 6.42. The SMILES string of the molecule is OB(O)[C@]1(F)C(F)[C@@]1(F)c1ccc2cnn(CC(F)(F)F)c2c1. The van der Waals surface area contributed by atoms with Crippen molar-refractivity contribution in [3.63, 3.8) is 0 Å². The van der Waals surface area contributed by atoms with Gasteiger partial charge in [-0.2, -0.15) is 18.3 Å². The molecule has 1 fully saturated rings. The molecule has 1 unspecified atom stereocenters. The van der Waals surface area contributed by atoms with Crippen molar-refractivity contribution in [1.82, 2.24) is 9.78 Å². The first-order chi connectivity index (χ1) is 10.5. The third kappa shape index (κ3) is 2.13. The van der Waals surface area contributed by atoms with Gasteiger partial charge in [0, 0.05) is 5.39 Å². The molecule has 124 valence electrons. The Labute approximate surface area is 125 Å². The molecule has 0 bridgehead atoms. The summed E-state index contributed by atoms with van der Waals surface area (Å²) in [7, 11) is -2.90. The second kappa shape index (κ2) is 4.63. The highest BCUT2D eigenvalue weighted by atomic mass is 19.4. The van der Waals surface area contributed by atoms with Crippen LogP contribution < -0.4 is 0 Å². The average molecular weight is 338 g/mol. The fraction of sp³-hybridized carbons (Fsp3) is 0.417. The zero-order valence-electron chi connectivity index (χ0n) is 11.2. The summed E-state index contributed by atoms with van der Waals surface area (Å²) in [5.41, 5.74) is -7.71. The largest absolute Gasteiger partial charge is 0.498 e. The minimum atomic E-state index is -4.59. The van der Waals surface area contributed by atoms with Gasteiger partial charge < -0.3 is 10.0 Å². The zero-order valence-corrected chi connectivity index (χ0v) is 11.2. The summed E-state index contributed by atoms with van der Waals surface area (Å²) in [6.45, 7) is -1.46. The molecule has 3 atom stereocenters. The lowest BCUT2D eigenvalue weighted by Gasteiger charge is -2.12. The Balaban J connectivity index is 2.06. The van der Waals surface area contributed by atoms with E-state index in [-0.39, 0.29) is 10.9 Å². The highest BCUT2D eigenvalue weighted by Gasteiger charge is 2.88. The van der Waals surface area contributed by atoms with Crippen molar-refractivity contribution in [3.8, 4) is 0 Å². The number of hydrogen-bond donors (Lipinski definition) is 2. The molecule has 3 rings (SSSR count). The molecule has 2 N–H and O–H groups in total. The van der Waals surface area contributed by atoms with Crippen LogP contribution in [0.3, 0.4) is 0 Å². The Morgan fingerprint density at radius 1 is 1.26 bits per heavy atom. The summed E-state index contributed by atoms with van der Waals surface area (Å²) in [6.07, 6.45) is -6.33. The molecular weight excluding hydrogens is 329 g/mol. The van der Waals surface area contributed by atoms with Gasteiger partial charge in [0.05, 0.1) is 11.7 Å². The van der Waals surface area contributed by atoms with Gasteiger partial charge in [-0.1, -0.05) is 12.1 Å². The molecule has 1 heterocycles. The van der Waals surface area contributed by atoms with Crippen LogP contribution in [0.5, 0.6) is 0 Å². The number of aromatic nitrogens is 2. The summed E-state index contributed by atoms with van der Waals surface area (Å²) in [5.74, 6) is 0. The van der Waals surface area contributed by atoms with Gasteiger partial charge in [0.1, 0.15) is 6.54 Å². The van der Waals surface area contributed by atoms with Crippen molar-refractivity contribution < 1.29 is 36.4 Å². The first kappa shape index (κ1) is 16.1. The fourth-order valence-electron chi connectivity index (χ4n) is 2.66. The van der Waals surface area contributed by atoms with E-state index < -0.39 is 42.8 Å². The van der Waals surface area contributed by atoms with Crippen LogP contribution in [0.15, 0.2) is 24.4 Å². The third-order valence-corrected chi connectivity index (χ3v) is 3.96. The normalized spacial score (nSPS) is 30.7. The molecule has 0 aliphatic heterocycles. The third-order valence-electron chi connectivity index (χ3n) is 3.96. The number of nitrogens with zero attached hydrogens (tertiary/aromatic N) is 2. The summed E-state index contributed by atoms with van der Waals surface area (Å²) in [6, 6.07) is 2.95. The minimum Gasteiger partial charge on any atom is -0.425 e. The monoisotopic (exact) mass is 338 g/mol. The zero-order chi connectivity index (χ0) is 17.2. The highest BCUT2D eigenvalue weighted by Crippen LogP contribution is 2.64. The predicted octanol–water partition coefficient (Wildman–Crippen LogP) is 1.84. The van der Waals surface area contributed by atoms with E-state index in [1.54, 1.807) is 0 Å². The van der Waals surface area contributed by atoms with Crippen LogP contribution >= 0.6 is 0 Å². The van der Waals surface area contributed by atoms with Crippen molar-refractivity contribution in [1.29, 1.82) is 0 Å². The average Bonchev–Trinajstić information content (AvgIpc) is 2.77. The maximum Gasteiger partial charge on any atom is 0.498 e. The number of rotatable bonds is 3. The molecule has 1 aromatic carbocycles. The van der Waals surface area contributed by atoms with Gasteiger partial charge in [-0.25, -0.2) is 13.2 Å². The van der Waals surface area contributed by atoms with Crippen LogP contribution in [-0.2, 0) is 12.2 Å². The van der Waals surface area contributed by atoms with E-state index >= 15 is 0 Å². The fourth-order valence-corrected chi connectivity index (χ4v) is 2.66. The van der Waals surface area contributed by atoms with E-state index in [9.17, 15) is 26.3 Å². The molecule has 1 saturated carbocycles. The molecular formula is C12H9BF6N2O2. The summed E-state index contributed by atoms with van der Waals surface area (Å²) < 4.78 is 80.0. The van der Waals surface area contributed by atoms with Crippen molar-refractivity contribution >= 4 is 18.0 Å². The predicted molar refractivity (Wildman–Crippen MR) is 67.5 cm³/mol. The van der Waals surface area contributed by atoms with Crippen LogP contribution in [0.25, 0.3) is 10.9 Å². The smallest absolute Gasteiger partial charge is 0.425 e. The number of alkyl halides is 6. The minimum absolute atomic E-state index is 0.175. The summed E-state index contributed by atoms with van der Waals surface area (Å²) in [5, 5.41) is 21.4. The molecule has 23 heavy (non-hydrogen) atoms. The Bertz CT molecular complexity index is 766. The van der Waals surface area contributed by atoms with Crippen molar-refractivity contribution in [3.05, 3.63) is 30.0 Å². The van der Waals surface area contributed by atoms with Gasteiger partial charge >= 0.3 is 13.3 Å². The van der Waals surface area contributed by atoms with Crippen LogP contribution in [0, 0.1) is 0 Å². The second-order valence-corrected chi connectivity index (χ2v) is 5.41. The van der Waals surface area contributed by atoms with Crippen LogP contribution in [0.1, 0.15) is 5.56 Å². The van der Waals surface area contributed by atoms with Crippen molar-refractivity contribution in [2.75, 3.05) is 0 Å². The maximum atomic E-state index is 14.5. The lowest BCUT2D eigenvalue weighted by Crippen LogP contribution is -2.36. The maximum absolute atomic E-state index is 14.5. The number of hydrogen-bond acceptors (Lipinski definition) is 3. The van der Waals surface area contributed by atoms with Gasteiger partial charge in [0.15, 0.2) is 6.17 Å². The molecule has 0 radical (unpaired) electrons. The highest BCUT2D eigenvalue weighted by molar-refractivity contribution is 6.48. The van der Waals surface area contributed by atoms with Crippen molar-refractivity contribution in [2.24, 2.45) is 0 Å². The van der Waals surface area contributed by atoms with Gasteiger partial charge in [0.25, 0.3) is 0 Å². The summed E-state index contributed by atoms with van der Waals surface area (Å²) in [4.78, 5) is 0. The van der Waals surface area contributed by atoms with Crippen molar-refractivity contribution in [2.45, 2.75) is 30.1 Å².